The first-order chi connectivity index (χ1) is 5.06. The number of carbonyl (C=O) groups is 2. The van der Waals surface area contributed by atoms with Crippen LogP contribution in [-0.4, -0.2) is 17.3 Å². The van der Waals surface area contributed by atoms with Crippen LogP contribution in [0.2, 0.25) is 0 Å². The monoisotopic (exact) mass is 178 g/mol. The van der Waals surface area contributed by atoms with Gasteiger partial charge in [0.1, 0.15) is 12.2 Å². The van der Waals surface area contributed by atoms with Crippen molar-refractivity contribution >= 4 is 23.4 Å². The summed E-state index contributed by atoms with van der Waals surface area (Å²) in [7, 11) is 0. The Morgan fingerprint density at radius 1 is 1.55 bits per heavy atom. The first-order valence-electron chi connectivity index (χ1n) is 3.39. The molecule has 4 heteroatoms. The fourth-order valence-electron chi connectivity index (χ4n) is 0.471. The van der Waals surface area contributed by atoms with Crippen molar-refractivity contribution in [2.45, 2.75) is 32.3 Å². The van der Waals surface area contributed by atoms with Gasteiger partial charge in [0, 0.05) is 0 Å². The average Bonchev–Trinajstić information content (AvgIpc) is 1.85. The van der Waals surface area contributed by atoms with Crippen molar-refractivity contribution in [3.8, 4) is 0 Å². The van der Waals surface area contributed by atoms with Gasteiger partial charge < -0.3 is 4.74 Å². The molecule has 0 saturated carbocycles. The zero-order chi connectivity index (χ0) is 8.85. The maximum atomic E-state index is 10.7. The van der Waals surface area contributed by atoms with Gasteiger partial charge in [-0.1, -0.05) is 18.5 Å². The highest BCUT2D eigenvalue weighted by Crippen LogP contribution is 2.04. The molecule has 0 aromatic rings. The van der Waals surface area contributed by atoms with E-state index >= 15 is 0 Å². The van der Waals surface area contributed by atoms with Crippen molar-refractivity contribution in [3.63, 3.8) is 0 Å². The van der Waals surface area contributed by atoms with Gasteiger partial charge in [-0.3, -0.25) is 9.59 Å². The van der Waals surface area contributed by atoms with E-state index in [4.69, 9.17) is 11.6 Å². The van der Waals surface area contributed by atoms with E-state index in [-0.39, 0.29) is 12.2 Å². The van der Waals surface area contributed by atoms with Gasteiger partial charge in [-0.2, -0.15) is 0 Å². The molecule has 1 atom stereocenters. The first-order valence-corrected chi connectivity index (χ1v) is 3.83. The average molecular weight is 179 g/mol. The summed E-state index contributed by atoms with van der Waals surface area (Å²) in [4.78, 5) is 21.1. The largest absolute Gasteiger partial charge is 0.446 e. The maximum absolute atomic E-state index is 10.7. The third-order valence-corrected chi connectivity index (χ3v) is 1.37. The molecule has 0 aliphatic heterocycles. The van der Waals surface area contributed by atoms with E-state index in [1.807, 2.05) is 0 Å². The molecule has 0 N–H and O–H groups in total. The van der Waals surface area contributed by atoms with E-state index in [1.165, 1.54) is 6.92 Å². The Labute approximate surface area is 70.7 Å². The van der Waals surface area contributed by atoms with Crippen molar-refractivity contribution in [2.75, 3.05) is 0 Å². The van der Waals surface area contributed by atoms with Gasteiger partial charge in [0.05, 0.1) is 0 Å². The van der Waals surface area contributed by atoms with Crippen molar-refractivity contribution in [1.82, 2.24) is 0 Å². The highest BCUT2D eigenvalue weighted by molar-refractivity contribution is 6.20. The van der Waals surface area contributed by atoms with Crippen LogP contribution in [0.1, 0.15) is 26.7 Å². The maximum Gasteiger partial charge on any atom is 0.314 e. The molecule has 0 aromatic carbocycles. The van der Waals surface area contributed by atoms with Crippen LogP contribution < -0.4 is 0 Å². The lowest BCUT2D eigenvalue weighted by molar-refractivity contribution is -0.147. The minimum Gasteiger partial charge on any atom is -0.446 e. The number of ether oxygens (including phenoxy) is 1. The second-order valence-corrected chi connectivity index (χ2v) is 2.67. The van der Waals surface area contributed by atoms with Crippen molar-refractivity contribution < 1.29 is 14.3 Å². The molecule has 0 radical (unpaired) electrons. The number of carbonyl (C=O) groups excluding carboxylic acids is 2. The predicted molar refractivity (Wildman–Crippen MR) is 41.3 cm³/mol. The van der Waals surface area contributed by atoms with Crippen molar-refractivity contribution in [1.29, 1.82) is 0 Å². The lowest BCUT2D eigenvalue weighted by Gasteiger charge is -2.06. The van der Waals surface area contributed by atoms with E-state index in [9.17, 15) is 9.59 Å². The third kappa shape index (κ3) is 5.85. The van der Waals surface area contributed by atoms with Crippen LogP contribution in [0.4, 0.5) is 0 Å². The summed E-state index contributed by atoms with van der Waals surface area (Å²) >= 11 is 5.49. The number of ketones is 1. The van der Waals surface area contributed by atoms with E-state index in [1.54, 1.807) is 6.92 Å². The summed E-state index contributed by atoms with van der Waals surface area (Å²) < 4.78 is 4.62. The number of alkyl halides is 1. The minimum atomic E-state index is -0.609. The number of esters is 1. The van der Waals surface area contributed by atoms with Crippen molar-refractivity contribution in [3.05, 3.63) is 0 Å². The molecular formula is C7H11ClO3. The molecule has 0 saturated heterocycles. The summed E-state index contributed by atoms with van der Waals surface area (Å²) in [5.74, 6) is -0.769. The molecule has 0 spiro atoms. The number of hydrogen-bond donors (Lipinski definition) is 0. The molecule has 3 nitrogen and oxygen atoms in total. The molecule has 0 aromatic heterocycles. The second kappa shape index (κ2) is 5.13. The van der Waals surface area contributed by atoms with E-state index in [2.05, 4.69) is 4.74 Å². The molecule has 0 fully saturated rings. The Kier molecular flexibility index (Phi) is 4.86. The van der Waals surface area contributed by atoms with Crippen LogP contribution >= 0.6 is 11.6 Å². The van der Waals surface area contributed by atoms with Gasteiger partial charge in [0.2, 0.25) is 0 Å². The molecule has 64 valence electrons. The summed E-state index contributed by atoms with van der Waals surface area (Å²) in [6, 6.07) is 0. The quantitative estimate of drug-likeness (QED) is 0.372. The highest BCUT2D eigenvalue weighted by Gasteiger charge is 2.10. The zero-order valence-corrected chi connectivity index (χ0v) is 7.35. The standard InChI is InChI=1S/C7H11ClO3/c1-3-6(8)11-7(10)4-5(2)9/h6H,3-4H2,1-2H3. The molecule has 0 bridgehead atoms. The normalized spacial score (nSPS) is 12.3. The third-order valence-electron chi connectivity index (χ3n) is 0.974. The minimum absolute atomic E-state index is 0.191. The van der Waals surface area contributed by atoms with Crippen LogP contribution in [0, 0.1) is 0 Å². The van der Waals surface area contributed by atoms with Crippen LogP contribution in [0.3, 0.4) is 0 Å². The number of halogens is 1. The lowest BCUT2D eigenvalue weighted by atomic mass is 10.3. The van der Waals surface area contributed by atoms with Crippen molar-refractivity contribution in [2.24, 2.45) is 0 Å². The number of hydrogen-bond acceptors (Lipinski definition) is 3. The van der Waals surface area contributed by atoms with Crippen LogP contribution in [0.15, 0.2) is 0 Å². The SMILES string of the molecule is CCC(Cl)OC(=O)CC(C)=O. The smallest absolute Gasteiger partial charge is 0.314 e. The number of Topliss-reactive ketones (excluding diaryl/α,β-unsaturated/α-hetero) is 1. The molecule has 0 aliphatic rings. The van der Waals surface area contributed by atoms with Gasteiger partial charge in [0.15, 0.2) is 5.56 Å². The van der Waals surface area contributed by atoms with Crippen LogP contribution in [-0.2, 0) is 14.3 Å². The van der Waals surface area contributed by atoms with Gasteiger partial charge in [-0.15, -0.1) is 0 Å². The zero-order valence-electron chi connectivity index (χ0n) is 6.59. The molecule has 0 aliphatic carbocycles. The molecule has 1 unspecified atom stereocenters. The molecule has 0 rings (SSSR count). The Balaban J connectivity index is 3.60. The van der Waals surface area contributed by atoms with E-state index in [0.29, 0.717) is 6.42 Å². The predicted octanol–water partition coefficient (Wildman–Crippen LogP) is 1.48. The molecule has 0 amide bonds. The Morgan fingerprint density at radius 3 is 2.45 bits per heavy atom. The summed E-state index contributed by atoms with van der Waals surface area (Å²) in [6.07, 6.45) is 0.356. The number of rotatable bonds is 4. The molecule has 11 heavy (non-hydrogen) atoms. The fourth-order valence-corrected chi connectivity index (χ4v) is 0.570. The Bertz CT molecular complexity index is 156. The highest BCUT2D eigenvalue weighted by atomic mass is 35.5. The van der Waals surface area contributed by atoms with Crippen LogP contribution in [0.25, 0.3) is 0 Å². The van der Waals surface area contributed by atoms with Gasteiger partial charge in [-0.25, -0.2) is 0 Å². The second-order valence-electron chi connectivity index (χ2n) is 2.19. The van der Waals surface area contributed by atoms with E-state index in [0.717, 1.165) is 0 Å². The van der Waals surface area contributed by atoms with E-state index < -0.39 is 11.5 Å². The Morgan fingerprint density at radius 2 is 2.09 bits per heavy atom. The summed E-state index contributed by atoms with van der Waals surface area (Å²) in [5, 5.41) is 0. The lowest BCUT2D eigenvalue weighted by Crippen LogP contribution is -2.14. The summed E-state index contributed by atoms with van der Waals surface area (Å²) in [5.41, 5.74) is -0.609. The van der Waals surface area contributed by atoms with Gasteiger partial charge in [0.25, 0.3) is 0 Å². The summed E-state index contributed by atoms with van der Waals surface area (Å²) in [6.45, 7) is 3.12. The topological polar surface area (TPSA) is 43.4 Å². The van der Waals surface area contributed by atoms with Gasteiger partial charge >= 0.3 is 5.97 Å². The molecular weight excluding hydrogens is 168 g/mol. The Hall–Kier alpha value is -0.570. The molecule has 0 heterocycles. The van der Waals surface area contributed by atoms with Crippen LogP contribution in [0.5, 0.6) is 0 Å². The van der Waals surface area contributed by atoms with Gasteiger partial charge in [-0.05, 0) is 13.3 Å². The first kappa shape index (κ1) is 10.4. The fraction of sp³-hybridized carbons (Fsp3) is 0.714.